The van der Waals surface area contributed by atoms with Crippen molar-refractivity contribution in [3.63, 3.8) is 0 Å². The number of aliphatic hydroxyl groups is 1. The summed E-state index contributed by atoms with van der Waals surface area (Å²) < 4.78 is 1.94. The first-order valence-electron chi connectivity index (χ1n) is 8.77. The summed E-state index contributed by atoms with van der Waals surface area (Å²) in [5.74, 6) is 0.680. The van der Waals surface area contributed by atoms with Crippen LogP contribution in [0.5, 0.6) is 0 Å². The minimum Gasteiger partial charge on any atom is -0.390 e. The number of rotatable bonds is 3. The van der Waals surface area contributed by atoms with Gasteiger partial charge in [-0.15, -0.1) is 0 Å². The van der Waals surface area contributed by atoms with Crippen LogP contribution in [0.25, 0.3) is 0 Å². The van der Waals surface area contributed by atoms with Crippen molar-refractivity contribution in [3.8, 4) is 0 Å². The van der Waals surface area contributed by atoms with Gasteiger partial charge in [0.25, 0.3) is 5.91 Å². The largest absolute Gasteiger partial charge is 0.390 e. The van der Waals surface area contributed by atoms with E-state index in [0.717, 1.165) is 51.1 Å². The summed E-state index contributed by atoms with van der Waals surface area (Å²) in [6, 6.07) is 1.92. The van der Waals surface area contributed by atoms with Crippen LogP contribution in [-0.4, -0.2) is 55.3 Å². The SMILES string of the molecule is O=C(c1cncc(N2CCCn3nc(CO)cc3C2)n1)N1CCCC1. The molecular weight excluding hydrogens is 320 g/mol. The number of anilines is 1. The molecule has 2 aromatic heterocycles. The first-order chi connectivity index (χ1) is 12.2. The Balaban J connectivity index is 1.56. The first kappa shape index (κ1) is 16.0. The molecule has 1 amide bonds. The number of likely N-dealkylation sites (tertiary alicyclic amines) is 1. The van der Waals surface area contributed by atoms with Gasteiger partial charge in [-0.3, -0.25) is 14.5 Å². The Morgan fingerprint density at radius 2 is 1.96 bits per heavy atom. The van der Waals surface area contributed by atoms with E-state index in [4.69, 9.17) is 0 Å². The molecular formula is C17H22N6O2. The lowest BCUT2D eigenvalue weighted by atomic mass is 10.3. The maximum Gasteiger partial charge on any atom is 0.274 e. The molecule has 4 heterocycles. The fraction of sp³-hybridized carbons (Fsp3) is 0.529. The Morgan fingerprint density at radius 3 is 2.76 bits per heavy atom. The minimum atomic E-state index is -0.0559. The number of aromatic nitrogens is 4. The van der Waals surface area contributed by atoms with Crippen LogP contribution < -0.4 is 4.90 Å². The van der Waals surface area contributed by atoms with Gasteiger partial charge in [0.2, 0.25) is 0 Å². The number of amides is 1. The third kappa shape index (κ3) is 3.21. The van der Waals surface area contributed by atoms with Gasteiger partial charge in [-0.05, 0) is 25.3 Å². The van der Waals surface area contributed by atoms with Crippen molar-refractivity contribution in [2.24, 2.45) is 0 Å². The van der Waals surface area contributed by atoms with Gasteiger partial charge in [-0.1, -0.05) is 0 Å². The number of nitrogens with zero attached hydrogens (tertiary/aromatic N) is 6. The lowest BCUT2D eigenvalue weighted by molar-refractivity contribution is 0.0786. The molecule has 1 N–H and O–H groups in total. The summed E-state index contributed by atoms with van der Waals surface area (Å²) in [5.41, 5.74) is 2.13. The van der Waals surface area contributed by atoms with Gasteiger partial charge in [0.05, 0.1) is 36.9 Å². The third-order valence-electron chi connectivity index (χ3n) is 4.78. The van der Waals surface area contributed by atoms with Crippen LogP contribution >= 0.6 is 0 Å². The molecule has 1 saturated heterocycles. The molecule has 4 rings (SSSR count). The van der Waals surface area contributed by atoms with E-state index in [1.807, 2.05) is 15.6 Å². The average molecular weight is 342 g/mol. The highest BCUT2D eigenvalue weighted by atomic mass is 16.3. The Hall–Kier alpha value is -2.48. The zero-order valence-electron chi connectivity index (χ0n) is 14.1. The molecule has 0 atom stereocenters. The molecule has 0 aliphatic carbocycles. The van der Waals surface area contributed by atoms with Crippen LogP contribution in [-0.2, 0) is 19.7 Å². The maximum absolute atomic E-state index is 12.6. The van der Waals surface area contributed by atoms with Crippen molar-refractivity contribution in [2.45, 2.75) is 39.0 Å². The van der Waals surface area contributed by atoms with Gasteiger partial charge < -0.3 is 14.9 Å². The summed E-state index contributed by atoms with van der Waals surface area (Å²) in [6.07, 6.45) is 6.30. The van der Waals surface area contributed by atoms with Gasteiger partial charge >= 0.3 is 0 Å². The van der Waals surface area contributed by atoms with Gasteiger partial charge in [0.1, 0.15) is 11.5 Å². The van der Waals surface area contributed by atoms with Crippen molar-refractivity contribution < 1.29 is 9.90 Å². The molecule has 8 nitrogen and oxygen atoms in total. The van der Waals surface area contributed by atoms with Crippen molar-refractivity contribution >= 4 is 11.7 Å². The normalized spacial score (nSPS) is 17.5. The highest BCUT2D eigenvalue weighted by molar-refractivity contribution is 5.92. The molecule has 132 valence electrons. The Labute approximate surface area is 146 Å². The fourth-order valence-corrected chi connectivity index (χ4v) is 3.49. The molecule has 0 unspecified atom stereocenters. The summed E-state index contributed by atoms with van der Waals surface area (Å²) in [4.78, 5) is 25.3. The quantitative estimate of drug-likeness (QED) is 0.888. The lowest BCUT2D eigenvalue weighted by Gasteiger charge is -2.21. The monoisotopic (exact) mass is 342 g/mol. The molecule has 2 aliphatic rings. The third-order valence-corrected chi connectivity index (χ3v) is 4.78. The second-order valence-electron chi connectivity index (χ2n) is 6.55. The molecule has 0 spiro atoms. The van der Waals surface area contributed by atoms with E-state index < -0.39 is 0 Å². The summed E-state index contributed by atoms with van der Waals surface area (Å²) in [6.45, 7) is 3.83. The number of aryl methyl sites for hydroxylation is 1. The van der Waals surface area contributed by atoms with Gasteiger partial charge in [-0.25, -0.2) is 4.98 Å². The maximum atomic E-state index is 12.6. The van der Waals surface area contributed by atoms with Gasteiger partial charge in [0.15, 0.2) is 0 Å². The van der Waals surface area contributed by atoms with Crippen LogP contribution in [0.1, 0.15) is 41.1 Å². The standard InChI is InChI=1S/C17H22N6O2/c24-12-13-8-14-11-22(6-3-7-23(14)20-13)16-10-18-9-15(19-16)17(25)21-4-1-2-5-21/h8-10,24H,1-7,11-12H2. The van der Waals surface area contributed by atoms with Gasteiger partial charge in [0, 0.05) is 26.2 Å². The predicted molar refractivity (Wildman–Crippen MR) is 91.0 cm³/mol. The highest BCUT2D eigenvalue weighted by Gasteiger charge is 2.23. The second kappa shape index (κ2) is 6.79. The molecule has 2 aromatic rings. The predicted octanol–water partition coefficient (Wildman–Crippen LogP) is 0.812. The fourth-order valence-electron chi connectivity index (χ4n) is 3.49. The van der Waals surface area contributed by atoms with Crippen LogP contribution in [0.2, 0.25) is 0 Å². The topological polar surface area (TPSA) is 87.4 Å². The average Bonchev–Trinajstić information content (AvgIpc) is 3.27. The van der Waals surface area contributed by atoms with Crippen LogP contribution in [0.4, 0.5) is 5.82 Å². The van der Waals surface area contributed by atoms with Crippen molar-refractivity contribution in [1.82, 2.24) is 24.6 Å². The first-order valence-corrected chi connectivity index (χ1v) is 8.77. The summed E-state index contributed by atoms with van der Waals surface area (Å²) in [7, 11) is 0. The zero-order chi connectivity index (χ0) is 17.2. The van der Waals surface area contributed by atoms with Crippen molar-refractivity contribution in [2.75, 3.05) is 24.5 Å². The van der Waals surface area contributed by atoms with E-state index in [9.17, 15) is 9.90 Å². The van der Waals surface area contributed by atoms with Crippen LogP contribution in [0, 0.1) is 0 Å². The van der Waals surface area contributed by atoms with E-state index in [1.54, 1.807) is 12.4 Å². The zero-order valence-corrected chi connectivity index (χ0v) is 14.1. The lowest BCUT2D eigenvalue weighted by Crippen LogP contribution is -2.30. The summed E-state index contributed by atoms with van der Waals surface area (Å²) >= 11 is 0. The summed E-state index contributed by atoms with van der Waals surface area (Å²) in [5, 5.41) is 13.7. The van der Waals surface area contributed by atoms with Crippen LogP contribution in [0.3, 0.4) is 0 Å². The molecule has 8 heteroatoms. The minimum absolute atomic E-state index is 0.0331. The Morgan fingerprint density at radius 1 is 1.12 bits per heavy atom. The number of carbonyl (C=O) groups excluding carboxylic acids is 1. The number of hydrogen-bond donors (Lipinski definition) is 1. The van der Waals surface area contributed by atoms with Gasteiger partial charge in [-0.2, -0.15) is 5.10 Å². The number of hydrogen-bond acceptors (Lipinski definition) is 6. The Bertz CT molecular complexity index is 768. The van der Waals surface area contributed by atoms with E-state index in [0.29, 0.717) is 23.8 Å². The van der Waals surface area contributed by atoms with E-state index in [-0.39, 0.29) is 12.5 Å². The number of fused-ring (bicyclic) bond motifs is 1. The van der Waals surface area contributed by atoms with Crippen LogP contribution in [0.15, 0.2) is 18.5 Å². The molecule has 0 radical (unpaired) electrons. The molecule has 2 aliphatic heterocycles. The van der Waals surface area contributed by atoms with E-state index in [2.05, 4.69) is 20.0 Å². The van der Waals surface area contributed by atoms with E-state index in [1.165, 1.54) is 0 Å². The van der Waals surface area contributed by atoms with E-state index >= 15 is 0 Å². The number of aliphatic hydroxyl groups excluding tert-OH is 1. The Kier molecular flexibility index (Phi) is 4.35. The molecule has 1 fully saturated rings. The molecule has 0 aromatic carbocycles. The van der Waals surface area contributed by atoms with Crippen molar-refractivity contribution in [1.29, 1.82) is 0 Å². The molecule has 0 bridgehead atoms. The molecule has 25 heavy (non-hydrogen) atoms. The molecule has 0 saturated carbocycles. The number of carbonyl (C=O) groups is 1. The van der Waals surface area contributed by atoms with Crippen molar-refractivity contribution in [3.05, 3.63) is 35.5 Å². The smallest absolute Gasteiger partial charge is 0.274 e. The second-order valence-corrected chi connectivity index (χ2v) is 6.55. The highest BCUT2D eigenvalue weighted by Crippen LogP contribution is 2.20.